The van der Waals surface area contributed by atoms with Gasteiger partial charge < -0.3 is 21.1 Å². The van der Waals surface area contributed by atoms with Gasteiger partial charge in [0.15, 0.2) is 5.65 Å². The molecule has 0 aliphatic heterocycles. The number of benzene rings is 1. The fourth-order valence-corrected chi connectivity index (χ4v) is 4.57. The van der Waals surface area contributed by atoms with E-state index in [2.05, 4.69) is 25.6 Å². The standard InChI is InChI=1S/C26H33F2N7O3/c1-13(2)35-22-19(33-21(23(35)36)20-17(27)10-14(29)11-18(20)28)12-30-24(34-22)31-15-6-8-16(9-7-15)32-25(37)38-26(3,4)5/h10-13,15-16H,6-9,29H2,1-5H3,(H,32,37)(H,30,31,34). The van der Waals surface area contributed by atoms with Gasteiger partial charge in [-0.05, 0) is 72.4 Å². The molecule has 0 saturated heterocycles. The Morgan fingerprint density at radius 2 is 1.71 bits per heavy atom. The second-order valence-electron chi connectivity index (χ2n) is 10.8. The predicted octanol–water partition coefficient (Wildman–Crippen LogP) is 4.54. The molecule has 0 unspecified atom stereocenters. The van der Waals surface area contributed by atoms with Crippen molar-refractivity contribution in [2.45, 2.75) is 84.0 Å². The van der Waals surface area contributed by atoms with Crippen LogP contribution in [0, 0.1) is 11.6 Å². The third kappa shape index (κ3) is 6.00. The summed E-state index contributed by atoms with van der Waals surface area (Å²) in [6.45, 7) is 9.00. The van der Waals surface area contributed by atoms with Crippen molar-refractivity contribution < 1.29 is 18.3 Å². The summed E-state index contributed by atoms with van der Waals surface area (Å²) in [6, 6.07) is 1.61. The summed E-state index contributed by atoms with van der Waals surface area (Å²) in [7, 11) is 0. The molecule has 4 rings (SSSR count). The van der Waals surface area contributed by atoms with Crippen LogP contribution in [0.15, 0.2) is 23.1 Å². The largest absolute Gasteiger partial charge is 0.444 e. The van der Waals surface area contributed by atoms with Crippen molar-refractivity contribution in [1.29, 1.82) is 0 Å². The van der Waals surface area contributed by atoms with E-state index in [-0.39, 0.29) is 40.7 Å². The SMILES string of the molecule is CC(C)n1c(=O)c(-c2c(F)cc(N)cc2F)nc2cnc(NC3CCC(NC(=O)OC(C)(C)C)CC3)nc21. The lowest BCUT2D eigenvalue weighted by Gasteiger charge is -2.30. The highest BCUT2D eigenvalue weighted by atomic mass is 19.1. The fraction of sp³-hybridized carbons (Fsp3) is 0.500. The first-order valence-electron chi connectivity index (χ1n) is 12.6. The Kier molecular flexibility index (Phi) is 7.52. The first-order chi connectivity index (χ1) is 17.8. The van der Waals surface area contributed by atoms with E-state index in [1.165, 1.54) is 10.8 Å². The van der Waals surface area contributed by atoms with Crippen molar-refractivity contribution in [2.75, 3.05) is 11.1 Å². The maximum Gasteiger partial charge on any atom is 0.407 e. The van der Waals surface area contributed by atoms with Gasteiger partial charge in [0.25, 0.3) is 5.56 Å². The highest BCUT2D eigenvalue weighted by Crippen LogP contribution is 2.27. The molecule has 4 N–H and O–H groups in total. The van der Waals surface area contributed by atoms with Gasteiger partial charge in [-0.25, -0.2) is 23.5 Å². The Morgan fingerprint density at radius 3 is 2.29 bits per heavy atom. The van der Waals surface area contributed by atoms with Gasteiger partial charge in [-0.1, -0.05) is 0 Å². The molecule has 1 saturated carbocycles. The van der Waals surface area contributed by atoms with E-state index < -0.39 is 34.5 Å². The minimum Gasteiger partial charge on any atom is -0.444 e. The summed E-state index contributed by atoms with van der Waals surface area (Å²) in [5.41, 5.74) is 3.76. The van der Waals surface area contributed by atoms with Gasteiger partial charge in [0.2, 0.25) is 5.95 Å². The van der Waals surface area contributed by atoms with Crippen LogP contribution in [-0.2, 0) is 4.74 Å². The summed E-state index contributed by atoms with van der Waals surface area (Å²) in [5, 5.41) is 6.21. The van der Waals surface area contributed by atoms with Gasteiger partial charge in [0, 0.05) is 23.8 Å². The number of fused-ring (bicyclic) bond motifs is 1. The van der Waals surface area contributed by atoms with E-state index in [1.54, 1.807) is 13.8 Å². The van der Waals surface area contributed by atoms with Gasteiger partial charge >= 0.3 is 6.09 Å². The summed E-state index contributed by atoms with van der Waals surface area (Å²) in [6.07, 6.45) is 4.05. The second kappa shape index (κ2) is 10.5. The van der Waals surface area contributed by atoms with Crippen LogP contribution in [0.1, 0.15) is 66.3 Å². The van der Waals surface area contributed by atoms with Gasteiger partial charge in [-0.3, -0.25) is 9.36 Å². The summed E-state index contributed by atoms with van der Waals surface area (Å²) < 4.78 is 35.9. The molecule has 0 radical (unpaired) electrons. The van der Waals surface area contributed by atoms with Crippen molar-refractivity contribution in [2.24, 2.45) is 0 Å². The third-order valence-electron chi connectivity index (χ3n) is 6.23. The number of nitrogens with two attached hydrogens (primary N) is 1. The number of anilines is 2. The smallest absolute Gasteiger partial charge is 0.407 e. The van der Waals surface area contributed by atoms with Crippen LogP contribution in [0.5, 0.6) is 0 Å². The lowest BCUT2D eigenvalue weighted by atomic mass is 9.91. The number of hydrogen-bond donors (Lipinski definition) is 3. The van der Waals surface area contributed by atoms with Crippen LogP contribution in [0.2, 0.25) is 0 Å². The lowest BCUT2D eigenvalue weighted by Crippen LogP contribution is -2.42. The first-order valence-corrected chi connectivity index (χ1v) is 12.6. The van der Waals surface area contributed by atoms with Gasteiger partial charge in [0.05, 0.1) is 11.8 Å². The molecule has 38 heavy (non-hydrogen) atoms. The van der Waals surface area contributed by atoms with Crippen LogP contribution < -0.4 is 21.9 Å². The first kappa shape index (κ1) is 27.2. The van der Waals surface area contributed by atoms with Gasteiger partial charge in [-0.2, -0.15) is 4.98 Å². The Morgan fingerprint density at radius 1 is 1.11 bits per heavy atom. The van der Waals surface area contributed by atoms with Crippen LogP contribution in [0.3, 0.4) is 0 Å². The fourth-order valence-electron chi connectivity index (χ4n) is 4.57. The zero-order valence-electron chi connectivity index (χ0n) is 22.1. The minimum atomic E-state index is -0.974. The van der Waals surface area contributed by atoms with Crippen LogP contribution >= 0.6 is 0 Å². The number of hydrogen-bond acceptors (Lipinski definition) is 8. The number of amides is 1. The normalized spacial score (nSPS) is 18.0. The third-order valence-corrected chi connectivity index (χ3v) is 6.23. The quantitative estimate of drug-likeness (QED) is 0.410. The predicted molar refractivity (Wildman–Crippen MR) is 141 cm³/mol. The van der Waals surface area contributed by atoms with Crippen LogP contribution in [0.25, 0.3) is 22.4 Å². The van der Waals surface area contributed by atoms with Crippen LogP contribution in [-0.4, -0.2) is 43.3 Å². The molecule has 1 fully saturated rings. The number of ether oxygens (including phenoxy) is 1. The summed E-state index contributed by atoms with van der Waals surface area (Å²) >= 11 is 0. The monoisotopic (exact) mass is 529 g/mol. The molecular weight excluding hydrogens is 496 g/mol. The summed E-state index contributed by atoms with van der Waals surface area (Å²) in [5.74, 6) is -1.63. The second-order valence-corrected chi connectivity index (χ2v) is 10.8. The zero-order valence-corrected chi connectivity index (χ0v) is 22.1. The van der Waals surface area contributed by atoms with E-state index in [0.29, 0.717) is 5.95 Å². The molecule has 0 bridgehead atoms. The van der Waals surface area contributed by atoms with Crippen LogP contribution in [0.4, 0.5) is 25.2 Å². The lowest BCUT2D eigenvalue weighted by molar-refractivity contribution is 0.0492. The highest BCUT2D eigenvalue weighted by molar-refractivity contribution is 5.75. The molecule has 10 nitrogen and oxygen atoms in total. The zero-order chi connectivity index (χ0) is 27.8. The van der Waals surface area contributed by atoms with Crippen molar-refractivity contribution >= 4 is 28.9 Å². The Balaban J connectivity index is 1.55. The number of aromatic nitrogens is 4. The van der Waals surface area contributed by atoms with E-state index in [1.807, 2.05) is 20.8 Å². The van der Waals surface area contributed by atoms with Gasteiger partial charge in [-0.15, -0.1) is 0 Å². The molecule has 2 aromatic heterocycles. The molecule has 1 aromatic carbocycles. The number of alkyl carbamates (subject to hydrolysis) is 1. The van der Waals surface area contributed by atoms with Crippen molar-refractivity contribution in [3.05, 3.63) is 40.3 Å². The Hall–Kier alpha value is -3.83. The highest BCUT2D eigenvalue weighted by Gasteiger charge is 2.26. The number of carbonyl (C=O) groups excluding carboxylic acids is 1. The molecule has 0 spiro atoms. The van der Waals surface area contributed by atoms with Crippen molar-refractivity contribution in [3.8, 4) is 11.3 Å². The van der Waals surface area contributed by atoms with Crippen molar-refractivity contribution in [3.63, 3.8) is 0 Å². The van der Waals surface area contributed by atoms with E-state index >= 15 is 0 Å². The molecule has 2 heterocycles. The number of rotatable bonds is 5. The average Bonchev–Trinajstić information content (AvgIpc) is 2.78. The van der Waals surface area contributed by atoms with Gasteiger partial charge in [0.1, 0.15) is 28.4 Å². The maximum atomic E-state index is 14.6. The summed E-state index contributed by atoms with van der Waals surface area (Å²) in [4.78, 5) is 38.5. The Labute approximate surface area is 219 Å². The minimum absolute atomic E-state index is 0.0169. The molecule has 3 aromatic rings. The van der Waals surface area contributed by atoms with Crippen molar-refractivity contribution in [1.82, 2.24) is 24.8 Å². The number of nitrogens with one attached hydrogen (secondary N) is 2. The van der Waals surface area contributed by atoms with E-state index in [4.69, 9.17) is 10.5 Å². The molecule has 204 valence electrons. The number of nitrogen functional groups attached to an aromatic ring is 1. The molecule has 1 amide bonds. The topological polar surface area (TPSA) is 137 Å². The average molecular weight is 530 g/mol. The molecule has 1 aliphatic rings. The van der Waals surface area contributed by atoms with E-state index in [0.717, 1.165) is 37.8 Å². The molecular formula is C26H33F2N7O3. The van der Waals surface area contributed by atoms with E-state index in [9.17, 15) is 18.4 Å². The number of halogens is 2. The molecule has 1 aliphatic carbocycles. The maximum absolute atomic E-state index is 14.6. The number of carbonyl (C=O) groups is 1. The Bertz CT molecular complexity index is 1390. The molecule has 12 heteroatoms. The number of nitrogens with zero attached hydrogens (tertiary/aromatic N) is 4. The molecule has 0 atom stereocenters.